The van der Waals surface area contributed by atoms with Gasteiger partial charge in [-0.05, 0) is 54.2 Å². The van der Waals surface area contributed by atoms with Gasteiger partial charge in [0.1, 0.15) is 11.1 Å². The molecule has 29 heavy (non-hydrogen) atoms. The fourth-order valence-corrected chi connectivity index (χ4v) is 5.39. The van der Waals surface area contributed by atoms with Crippen molar-refractivity contribution in [2.75, 3.05) is 14.1 Å². The number of nitrogens with zero attached hydrogens (tertiary/aromatic N) is 2. The number of nitro groups is 1. The number of rotatable bonds is 4. The zero-order valence-corrected chi connectivity index (χ0v) is 17.0. The molecule has 0 saturated heterocycles. The van der Waals surface area contributed by atoms with Gasteiger partial charge in [-0.2, -0.15) is 0 Å². The topological polar surface area (TPSA) is 46.4 Å². The molecule has 0 radical (unpaired) electrons. The second kappa shape index (κ2) is 7.97. The zero-order chi connectivity index (χ0) is 20.5. The van der Waals surface area contributed by atoms with Crippen LogP contribution in [0, 0.1) is 15.9 Å². The third-order valence-corrected chi connectivity index (χ3v) is 6.75. The largest absolute Gasteiger partial charge is 0.297 e. The Kier molecular flexibility index (Phi) is 5.39. The van der Waals surface area contributed by atoms with E-state index in [1.807, 2.05) is 67.5 Å². The summed E-state index contributed by atoms with van der Waals surface area (Å²) in [5.41, 5.74) is 1.82. The van der Waals surface area contributed by atoms with Gasteiger partial charge in [0.05, 0.1) is 6.04 Å². The van der Waals surface area contributed by atoms with Crippen molar-refractivity contribution in [1.82, 2.24) is 4.90 Å². The molecule has 148 valence electrons. The minimum Gasteiger partial charge on any atom is -0.297 e. The molecule has 1 heterocycles. The van der Waals surface area contributed by atoms with E-state index >= 15 is 0 Å². The first-order valence-corrected chi connectivity index (χ1v) is 10.3. The number of thioether (sulfide) groups is 1. The summed E-state index contributed by atoms with van der Waals surface area (Å²) in [6.07, 6.45) is 1.94. The second-order valence-electron chi connectivity index (χ2n) is 7.37. The van der Waals surface area contributed by atoms with Crippen LogP contribution in [0.3, 0.4) is 0 Å². The van der Waals surface area contributed by atoms with Crippen molar-refractivity contribution >= 4 is 27.4 Å². The predicted molar refractivity (Wildman–Crippen MR) is 117 cm³/mol. The number of hydrogen-bond donors (Lipinski definition) is 0. The molecule has 6 heteroatoms. The van der Waals surface area contributed by atoms with Crippen LogP contribution < -0.4 is 0 Å². The Balaban J connectivity index is 1.88. The van der Waals surface area contributed by atoms with Gasteiger partial charge in [-0.15, -0.1) is 11.8 Å². The molecule has 0 amide bonds. The van der Waals surface area contributed by atoms with E-state index in [-0.39, 0.29) is 22.0 Å². The van der Waals surface area contributed by atoms with Gasteiger partial charge in [-0.1, -0.05) is 54.6 Å². The monoisotopic (exact) mass is 408 g/mol. The summed E-state index contributed by atoms with van der Waals surface area (Å²) in [5, 5.41) is 13.9. The zero-order valence-electron chi connectivity index (χ0n) is 16.2. The molecule has 1 aliphatic rings. The van der Waals surface area contributed by atoms with E-state index in [1.54, 1.807) is 12.1 Å². The molecule has 3 aromatic carbocycles. The van der Waals surface area contributed by atoms with E-state index in [2.05, 4.69) is 0 Å². The summed E-state index contributed by atoms with van der Waals surface area (Å²) in [5.74, 6) is -0.298. The van der Waals surface area contributed by atoms with Crippen molar-refractivity contribution in [3.63, 3.8) is 0 Å². The average Bonchev–Trinajstić information content (AvgIpc) is 2.72. The second-order valence-corrected chi connectivity index (χ2v) is 8.56. The number of hydrogen-bond acceptors (Lipinski definition) is 4. The van der Waals surface area contributed by atoms with Gasteiger partial charge < -0.3 is 0 Å². The molecule has 0 saturated carbocycles. The quantitative estimate of drug-likeness (QED) is 0.429. The summed E-state index contributed by atoms with van der Waals surface area (Å²) in [6.45, 7) is 0. The molecule has 0 N–H and O–H groups in total. The number of benzene rings is 3. The Morgan fingerprint density at radius 1 is 1.00 bits per heavy atom. The minimum atomic E-state index is -0.801. The Hall–Kier alpha value is -2.70. The predicted octanol–water partition coefficient (Wildman–Crippen LogP) is 5.38. The minimum absolute atomic E-state index is 0.165. The van der Waals surface area contributed by atoms with Crippen molar-refractivity contribution in [1.29, 1.82) is 0 Å². The van der Waals surface area contributed by atoms with E-state index in [0.717, 1.165) is 26.8 Å². The highest BCUT2D eigenvalue weighted by molar-refractivity contribution is 8.08. The highest BCUT2D eigenvalue weighted by Gasteiger charge is 2.45. The van der Waals surface area contributed by atoms with Gasteiger partial charge in [0.25, 0.3) is 0 Å². The van der Waals surface area contributed by atoms with Crippen molar-refractivity contribution in [3.8, 4) is 0 Å². The maximum atomic E-state index is 13.4. The van der Waals surface area contributed by atoms with Gasteiger partial charge in [0.15, 0.2) is 0 Å². The molecule has 3 atom stereocenters. The molecule has 0 aromatic heterocycles. The van der Waals surface area contributed by atoms with Crippen LogP contribution in [0.4, 0.5) is 4.39 Å². The van der Waals surface area contributed by atoms with Crippen molar-refractivity contribution in [2.45, 2.75) is 17.3 Å². The summed E-state index contributed by atoms with van der Waals surface area (Å²) in [6, 6.07) is 19.1. The molecular formula is C23H21FN2O2S. The van der Waals surface area contributed by atoms with Crippen LogP contribution in [0.1, 0.15) is 16.4 Å². The normalized spacial score (nSPS) is 21.9. The first-order chi connectivity index (χ1) is 14.0. The van der Waals surface area contributed by atoms with Crippen molar-refractivity contribution in [2.24, 2.45) is 0 Å². The number of likely N-dealkylation sites (N-methyl/N-ethyl adjacent to an activating group) is 1. The number of fused-ring (bicyclic) bond motifs is 1. The lowest BCUT2D eigenvalue weighted by molar-refractivity contribution is -0.528. The number of halogens is 1. The van der Waals surface area contributed by atoms with E-state index in [4.69, 9.17) is 0 Å². The molecular weight excluding hydrogens is 387 g/mol. The molecule has 0 bridgehead atoms. The lowest BCUT2D eigenvalue weighted by atomic mass is 9.93. The maximum Gasteiger partial charge on any atom is 0.248 e. The third-order valence-electron chi connectivity index (χ3n) is 5.33. The van der Waals surface area contributed by atoms with Gasteiger partial charge in [-0.25, -0.2) is 4.39 Å². The molecule has 0 spiro atoms. The molecule has 4 rings (SSSR count). The first-order valence-electron chi connectivity index (χ1n) is 9.37. The van der Waals surface area contributed by atoms with Gasteiger partial charge in [0.2, 0.25) is 6.04 Å². The first kappa shape index (κ1) is 19.6. The van der Waals surface area contributed by atoms with Crippen LogP contribution >= 0.6 is 11.8 Å². The fraction of sp³-hybridized carbons (Fsp3) is 0.217. The van der Waals surface area contributed by atoms with E-state index < -0.39 is 6.04 Å². The Bertz CT molecular complexity index is 1080. The summed E-state index contributed by atoms with van der Waals surface area (Å²) in [7, 11) is 3.71. The van der Waals surface area contributed by atoms with Gasteiger partial charge >= 0.3 is 0 Å². The van der Waals surface area contributed by atoms with E-state index in [0.29, 0.717) is 0 Å². The molecule has 1 aliphatic heterocycles. The molecule has 0 aliphatic carbocycles. The Morgan fingerprint density at radius 2 is 1.69 bits per heavy atom. The van der Waals surface area contributed by atoms with Crippen LogP contribution in [0.15, 0.2) is 72.8 Å². The van der Waals surface area contributed by atoms with E-state index in [9.17, 15) is 14.5 Å². The lowest BCUT2D eigenvalue weighted by Gasteiger charge is -2.35. The highest BCUT2D eigenvalue weighted by atomic mass is 32.2. The SMILES string of the molecule is CN(C)[C@@H]1C=C(c2ccc(F)cc2)S[C@@H](c2cccc3ccccc23)[C@@H]1[N+](=O)[O-]. The lowest BCUT2D eigenvalue weighted by Crippen LogP contribution is -2.46. The maximum absolute atomic E-state index is 13.4. The van der Waals surface area contributed by atoms with Gasteiger partial charge in [-0.3, -0.25) is 15.0 Å². The smallest absolute Gasteiger partial charge is 0.248 e. The van der Waals surface area contributed by atoms with Crippen LogP contribution in [0.25, 0.3) is 15.7 Å². The summed E-state index contributed by atoms with van der Waals surface area (Å²) < 4.78 is 13.4. The standard InChI is InChI=1S/C23H21FN2O2S/c1-25(2)20-14-21(16-10-12-17(24)13-11-16)29-23(22(20)26(27)28)19-9-5-7-15-6-3-4-8-18(15)19/h3-14,20,22-23H,1-2H3/t20-,22-,23+/m1/s1. The van der Waals surface area contributed by atoms with Crippen molar-refractivity contribution < 1.29 is 9.31 Å². The Morgan fingerprint density at radius 3 is 2.38 bits per heavy atom. The molecule has 4 nitrogen and oxygen atoms in total. The average molecular weight is 408 g/mol. The van der Waals surface area contributed by atoms with Crippen LogP contribution in [-0.4, -0.2) is 36.0 Å². The molecule has 0 fully saturated rings. The third kappa shape index (κ3) is 3.78. The fourth-order valence-electron chi connectivity index (χ4n) is 3.89. The molecule has 0 unspecified atom stereocenters. The van der Waals surface area contributed by atoms with Crippen LogP contribution in [-0.2, 0) is 0 Å². The van der Waals surface area contributed by atoms with Crippen molar-refractivity contribution in [3.05, 3.63) is 99.9 Å². The van der Waals surface area contributed by atoms with Crippen LogP contribution in [0.5, 0.6) is 0 Å². The van der Waals surface area contributed by atoms with Gasteiger partial charge in [0, 0.05) is 9.83 Å². The summed E-state index contributed by atoms with van der Waals surface area (Å²) >= 11 is 1.49. The Labute approximate surface area is 173 Å². The highest BCUT2D eigenvalue weighted by Crippen LogP contribution is 2.49. The van der Waals surface area contributed by atoms with Crippen LogP contribution in [0.2, 0.25) is 0 Å². The van der Waals surface area contributed by atoms with E-state index in [1.165, 1.54) is 23.9 Å². The summed E-state index contributed by atoms with van der Waals surface area (Å²) in [4.78, 5) is 14.8. The molecule has 3 aromatic rings.